The summed E-state index contributed by atoms with van der Waals surface area (Å²) in [5.74, 6) is 6.29. The van der Waals surface area contributed by atoms with Gasteiger partial charge in [-0.05, 0) is 35.9 Å². The molecule has 0 saturated carbocycles. The third-order valence-corrected chi connectivity index (χ3v) is 5.14. The number of anilines is 1. The first-order valence-corrected chi connectivity index (χ1v) is 10.5. The Kier molecular flexibility index (Phi) is 6.59. The Morgan fingerprint density at radius 3 is 2.28 bits per heavy atom. The summed E-state index contributed by atoms with van der Waals surface area (Å²) in [6.45, 7) is 0. The molecule has 158 valence electrons. The van der Waals surface area contributed by atoms with Gasteiger partial charge in [0.05, 0.1) is 17.3 Å². The Morgan fingerprint density at radius 1 is 0.875 bits per heavy atom. The van der Waals surface area contributed by atoms with E-state index in [4.69, 9.17) is 0 Å². The van der Waals surface area contributed by atoms with Gasteiger partial charge >= 0.3 is 0 Å². The fourth-order valence-electron chi connectivity index (χ4n) is 3.10. The van der Waals surface area contributed by atoms with E-state index in [1.54, 1.807) is 12.4 Å². The molecule has 0 atom stereocenters. The summed E-state index contributed by atoms with van der Waals surface area (Å²) in [7, 11) is 4.07. The van der Waals surface area contributed by atoms with Gasteiger partial charge in [-0.1, -0.05) is 42.2 Å². The van der Waals surface area contributed by atoms with Crippen LogP contribution in [-0.4, -0.2) is 34.3 Å². The van der Waals surface area contributed by atoms with E-state index in [0.29, 0.717) is 0 Å². The van der Waals surface area contributed by atoms with E-state index in [1.165, 1.54) is 5.69 Å². The predicted octanol–water partition coefficient (Wildman–Crippen LogP) is 5.39. The van der Waals surface area contributed by atoms with Crippen LogP contribution in [0.1, 0.15) is 11.1 Å². The summed E-state index contributed by atoms with van der Waals surface area (Å²) < 4.78 is 0. The largest absolute Gasteiger partial charge is 0.378 e. The van der Waals surface area contributed by atoms with Crippen molar-refractivity contribution in [2.45, 2.75) is 4.90 Å². The van der Waals surface area contributed by atoms with Crippen LogP contribution in [0.4, 0.5) is 5.69 Å². The summed E-state index contributed by atoms with van der Waals surface area (Å²) in [6.07, 6.45) is 7.26. The first-order chi connectivity index (χ1) is 15.6. The Labute approximate surface area is 192 Å². The number of thiol groups is 1. The van der Waals surface area contributed by atoms with Crippen LogP contribution in [0.2, 0.25) is 0 Å². The molecule has 0 unspecified atom stereocenters. The van der Waals surface area contributed by atoms with Gasteiger partial charge in [-0.3, -0.25) is 5.10 Å². The molecule has 0 radical (unpaired) electrons. The van der Waals surface area contributed by atoms with Gasteiger partial charge in [-0.15, -0.1) is 12.6 Å². The molecule has 0 saturated heterocycles. The zero-order valence-electron chi connectivity index (χ0n) is 17.9. The van der Waals surface area contributed by atoms with Crippen LogP contribution in [0, 0.1) is 11.8 Å². The number of hydrogen-bond donors (Lipinski definition) is 3. The predicted molar refractivity (Wildman–Crippen MR) is 134 cm³/mol. The molecular formula is C26H23N5S. The molecule has 5 rings (SSSR count). The molecule has 0 spiro atoms. The number of nitrogens with one attached hydrogen (secondary N) is 2. The highest BCUT2D eigenvalue weighted by Gasteiger charge is 2.06. The van der Waals surface area contributed by atoms with E-state index in [1.807, 2.05) is 56.8 Å². The number of rotatable bonds is 2. The quantitative estimate of drug-likeness (QED) is 0.256. The summed E-state index contributed by atoms with van der Waals surface area (Å²) in [4.78, 5) is 10.8. The summed E-state index contributed by atoms with van der Waals surface area (Å²) in [6, 6.07) is 20.4. The molecular weight excluding hydrogens is 414 g/mol. The summed E-state index contributed by atoms with van der Waals surface area (Å²) in [5, 5.41) is 7.69. The van der Waals surface area contributed by atoms with Crippen LogP contribution >= 0.6 is 12.6 Å². The number of hydrogen-bond acceptors (Lipinski definition) is 4. The number of pyridine rings is 1. The van der Waals surface area contributed by atoms with Crippen molar-refractivity contribution in [3.63, 3.8) is 0 Å². The minimum atomic E-state index is 0.838. The van der Waals surface area contributed by atoms with Crippen molar-refractivity contribution in [1.82, 2.24) is 20.2 Å². The van der Waals surface area contributed by atoms with Crippen molar-refractivity contribution in [3.8, 4) is 23.0 Å². The van der Waals surface area contributed by atoms with Crippen molar-refractivity contribution < 1.29 is 0 Å². The van der Waals surface area contributed by atoms with Crippen LogP contribution in [0.25, 0.3) is 22.2 Å². The van der Waals surface area contributed by atoms with Gasteiger partial charge in [0, 0.05) is 54.2 Å². The SMILES string of the molecule is CN(C)c1ccc(-c2cnc3[nH]cc(C#Cc4cn[nH]c4)c3c2)cc1.Sc1ccccc1. The van der Waals surface area contributed by atoms with Crippen molar-refractivity contribution in [3.05, 3.63) is 96.6 Å². The van der Waals surface area contributed by atoms with Gasteiger partial charge in [-0.2, -0.15) is 5.10 Å². The van der Waals surface area contributed by atoms with Crippen LogP contribution in [0.15, 0.2) is 90.3 Å². The van der Waals surface area contributed by atoms with Gasteiger partial charge in [-0.25, -0.2) is 4.98 Å². The van der Waals surface area contributed by atoms with Gasteiger partial charge < -0.3 is 9.88 Å². The van der Waals surface area contributed by atoms with E-state index in [0.717, 1.165) is 38.2 Å². The maximum atomic E-state index is 4.53. The molecule has 0 aliphatic rings. The minimum Gasteiger partial charge on any atom is -0.378 e. The number of benzene rings is 2. The second-order valence-electron chi connectivity index (χ2n) is 7.34. The van der Waals surface area contributed by atoms with Crippen molar-refractivity contribution in [1.29, 1.82) is 0 Å². The molecule has 5 aromatic rings. The Morgan fingerprint density at radius 2 is 1.66 bits per heavy atom. The zero-order valence-corrected chi connectivity index (χ0v) is 18.8. The first-order valence-electron chi connectivity index (χ1n) is 10.1. The molecule has 6 heteroatoms. The highest BCUT2D eigenvalue weighted by atomic mass is 32.1. The molecule has 2 aromatic carbocycles. The third-order valence-electron chi connectivity index (χ3n) is 4.84. The fourth-order valence-corrected chi connectivity index (χ4v) is 3.28. The maximum absolute atomic E-state index is 4.53. The topological polar surface area (TPSA) is 60.6 Å². The molecule has 32 heavy (non-hydrogen) atoms. The average Bonchev–Trinajstić information content (AvgIpc) is 3.48. The molecule has 0 aliphatic carbocycles. The molecule has 0 aliphatic heterocycles. The zero-order chi connectivity index (χ0) is 22.3. The number of aromatic amines is 2. The van der Waals surface area contributed by atoms with Crippen molar-refractivity contribution in [2.24, 2.45) is 0 Å². The standard InChI is InChI=1S/C20H17N5.C6H6S/c1-25(2)18-7-5-15(6-8-18)17-9-19-16(12-21-20(19)22-13-17)4-3-14-10-23-24-11-14;7-6-4-2-1-3-5-6/h5-13H,1-2H3,(H,21,22)(H,23,24);1-5,7H. The molecule has 3 heterocycles. The lowest BCUT2D eigenvalue weighted by Gasteiger charge is -2.12. The maximum Gasteiger partial charge on any atom is 0.138 e. The van der Waals surface area contributed by atoms with E-state index < -0.39 is 0 Å². The Balaban J connectivity index is 0.000000300. The highest BCUT2D eigenvalue weighted by molar-refractivity contribution is 7.80. The molecule has 2 N–H and O–H groups in total. The van der Waals surface area contributed by atoms with E-state index >= 15 is 0 Å². The van der Waals surface area contributed by atoms with E-state index in [-0.39, 0.29) is 0 Å². The molecule has 5 nitrogen and oxygen atoms in total. The monoisotopic (exact) mass is 437 g/mol. The number of H-pyrrole nitrogens is 2. The molecule has 0 amide bonds. The third kappa shape index (κ3) is 5.20. The van der Waals surface area contributed by atoms with Gasteiger partial charge in [0.15, 0.2) is 0 Å². The van der Waals surface area contributed by atoms with Gasteiger partial charge in [0.2, 0.25) is 0 Å². The molecule has 3 aromatic heterocycles. The summed E-state index contributed by atoms with van der Waals surface area (Å²) >= 11 is 4.08. The van der Waals surface area contributed by atoms with E-state index in [2.05, 4.69) is 79.9 Å². The second-order valence-corrected chi connectivity index (χ2v) is 7.85. The Bertz CT molecular complexity index is 1340. The minimum absolute atomic E-state index is 0.838. The lowest BCUT2D eigenvalue weighted by atomic mass is 10.1. The van der Waals surface area contributed by atoms with Gasteiger partial charge in [0.1, 0.15) is 5.65 Å². The number of nitrogens with zero attached hydrogens (tertiary/aromatic N) is 3. The number of fused-ring (bicyclic) bond motifs is 1. The fraction of sp³-hybridized carbons (Fsp3) is 0.0769. The van der Waals surface area contributed by atoms with Crippen LogP contribution in [0.3, 0.4) is 0 Å². The normalized spacial score (nSPS) is 10.1. The lowest BCUT2D eigenvalue weighted by molar-refractivity contribution is 1.09. The lowest BCUT2D eigenvalue weighted by Crippen LogP contribution is -2.07. The first kappa shape index (κ1) is 21.3. The van der Waals surface area contributed by atoms with Gasteiger partial charge in [0.25, 0.3) is 0 Å². The highest BCUT2D eigenvalue weighted by Crippen LogP contribution is 2.26. The van der Waals surface area contributed by atoms with Crippen LogP contribution in [-0.2, 0) is 0 Å². The molecule has 0 fully saturated rings. The van der Waals surface area contributed by atoms with Crippen LogP contribution in [0.5, 0.6) is 0 Å². The Hall–Kier alpha value is -3.95. The smallest absolute Gasteiger partial charge is 0.138 e. The van der Waals surface area contributed by atoms with E-state index in [9.17, 15) is 0 Å². The molecule has 0 bridgehead atoms. The summed E-state index contributed by atoms with van der Waals surface area (Å²) in [5.41, 5.74) is 6.00. The second kappa shape index (κ2) is 9.90. The van der Waals surface area contributed by atoms with Crippen molar-refractivity contribution in [2.75, 3.05) is 19.0 Å². The number of aromatic nitrogens is 4. The van der Waals surface area contributed by atoms with Crippen molar-refractivity contribution >= 4 is 29.3 Å². The van der Waals surface area contributed by atoms with Crippen LogP contribution < -0.4 is 4.90 Å². The average molecular weight is 438 g/mol.